The van der Waals surface area contributed by atoms with Crippen LogP contribution in [-0.2, 0) is 0 Å². The third-order valence-electron chi connectivity index (χ3n) is 3.59. The first-order valence-electron chi connectivity index (χ1n) is 6.56. The largest absolute Gasteiger partial charge is 0.349 e. The first kappa shape index (κ1) is 12.9. The van der Waals surface area contributed by atoms with Gasteiger partial charge in [-0.3, -0.25) is 10.6 Å². The molecule has 1 fully saturated rings. The Morgan fingerprint density at radius 3 is 2.61 bits per heavy atom. The highest BCUT2D eigenvalue weighted by Gasteiger charge is 2.20. The summed E-state index contributed by atoms with van der Waals surface area (Å²) in [7, 11) is 0. The minimum atomic E-state index is 0.0117. The number of nitrogen functional groups attached to an aromatic ring is 1. The highest BCUT2D eigenvalue weighted by atomic mass is 16.1. The van der Waals surface area contributed by atoms with Gasteiger partial charge in [-0.15, -0.1) is 0 Å². The van der Waals surface area contributed by atoms with Gasteiger partial charge in [-0.05, 0) is 43.0 Å². The summed E-state index contributed by atoms with van der Waals surface area (Å²) in [6.07, 6.45) is 4.68. The third kappa shape index (κ3) is 3.23. The predicted molar refractivity (Wildman–Crippen MR) is 73.1 cm³/mol. The van der Waals surface area contributed by atoms with Gasteiger partial charge < -0.3 is 10.7 Å². The summed E-state index contributed by atoms with van der Waals surface area (Å²) in [5.74, 6) is 6.02. The van der Waals surface area contributed by atoms with Crippen LogP contribution in [-0.4, -0.2) is 11.9 Å². The molecule has 0 aliphatic heterocycles. The Labute approximate surface area is 108 Å². The molecule has 0 radical (unpaired) electrons. The van der Waals surface area contributed by atoms with Crippen LogP contribution in [0.1, 0.15) is 43.0 Å². The van der Waals surface area contributed by atoms with Crippen molar-refractivity contribution in [3.63, 3.8) is 0 Å². The molecular weight excluding hydrogens is 226 g/mol. The molecule has 2 unspecified atom stereocenters. The molecule has 2 atom stereocenters. The maximum absolute atomic E-state index is 12.1. The standard InChI is InChI=1S/C14H21N3O/c1-10-3-2-4-13(9-10)16-14(18)11-5-7-12(17-15)8-6-11/h5-8,10,13,17H,2-4,9,15H2,1H3,(H,16,18). The van der Waals surface area contributed by atoms with Gasteiger partial charge in [0.2, 0.25) is 0 Å². The number of benzene rings is 1. The Morgan fingerprint density at radius 1 is 1.28 bits per heavy atom. The van der Waals surface area contributed by atoms with Crippen molar-refractivity contribution in [2.75, 3.05) is 5.43 Å². The van der Waals surface area contributed by atoms with Gasteiger partial charge in [-0.25, -0.2) is 0 Å². The van der Waals surface area contributed by atoms with E-state index in [1.807, 2.05) is 0 Å². The van der Waals surface area contributed by atoms with Crippen LogP contribution in [0.4, 0.5) is 5.69 Å². The van der Waals surface area contributed by atoms with Crippen LogP contribution in [0.25, 0.3) is 0 Å². The van der Waals surface area contributed by atoms with E-state index in [4.69, 9.17) is 5.84 Å². The number of anilines is 1. The number of amides is 1. The molecule has 4 heteroatoms. The Morgan fingerprint density at radius 2 is 2.00 bits per heavy atom. The van der Waals surface area contributed by atoms with Crippen LogP contribution < -0.4 is 16.6 Å². The number of hydrazine groups is 1. The van der Waals surface area contributed by atoms with E-state index in [1.165, 1.54) is 12.8 Å². The highest BCUT2D eigenvalue weighted by Crippen LogP contribution is 2.23. The second kappa shape index (κ2) is 5.87. The molecule has 2 rings (SSSR count). The van der Waals surface area contributed by atoms with Gasteiger partial charge in [0, 0.05) is 17.3 Å². The quantitative estimate of drug-likeness (QED) is 0.567. The van der Waals surface area contributed by atoms with Crippen LogP contribution in [0, 0.1) is 5.92 Å². The average molecular weight is 247 g/mol. The smallest absolute Gasteiger partial charge is 0.251 e. The maximum atomic E-state index is 12.1. The SMILES string of the molecule is CC1CCCC(NC(=O)c2ccc(NN)cc2)C1. The monoisotopic (exact) mass is 247 g/mol. The highest BCUT2D eigenvalue weighted by molar-refractivity contribution is 5.94. The number of hydrogen-bond donors (Lipinski definition) is 3. The second-order valence-corrected chi connectivity index (χ2v) is 5.16. The molecule has 1 aromatic carbocycles. The molecule has 1 saturated carbocycles. The Balaban J connectivity index is 1.94. The van der Waals surface area contributed by atoms with Crippen LogP contribution in [0.15, 0.2) is 24.3 Å². The molecule has 0 saturated heterocycles. The fourth-order valence-electron chi connectivity index (χ4n) is 2.55. The van der Waals surface area contributed by atoms with Gasteiger partial charge >= 0.3 is 0 Å². The van der Waals surface area contributed by atoms with E-state index in [0.717, 1.165) is 18.5 Å². The fraction of sp³-hybridized carbons (Fsp3) is 0.500. The lowest BCUT2D eigenvalue weighted by molar-refractivity contribution is 0.0921. The van der Waals surface area contributed by atoms with Crippen LogP contribution in [0.3, 0.4) is 0 Å². The fourth-order valence-corrected chi connectivity index (χ4v) is 2.55. The summed E-state index contributed by atoms with van der Waals surface area (Å²) in [6, 6.07) is 7.51. The summed E-state index contributed by atoms with van der Waals surface area (Å²) >= 11 is 0. The van der Waals surface area contributed by atoms with E-state index in [1.54, 1.807) is 24.3 Å². The molecule has 1 aliphatic carbocycles. The first-order valence-corrected chi connectivity index (χ1v) is 6.56. The van der Waals surface area contributed by atoms with Crippen molar-refractivity contribution in [1.82, 2.24) is 5.32 Å². The van der Waals surface area contributed by atoms with Gasteiger partial charge in [-0.1, -0.05) is 19.8 Å². The molecule has 4 N–H and O–H groups in total. The number of nitrogens with one attached hydrogen (secondary N) is 2. The van der Waals surface area contributed by atoms with E-state index in [0.29, 0.717) is 17.5 Å². The molecule has 98 valence electrons. The van der Waals surface area contributed by atoms with E-state index in [-0.39, 0.29) is 5.91 Å². The number of carbonyl (C=O) groups is 1. The number of rotatable bonds is 3. The summed E-state index contributed by atoms with van der Waals surface area (Å²) in [6.45, 7) is 2.25. The molecule has 0 heterocycles. The lowest BCUT2D eigenvalue weighted by Crippen LogP contribution is -2.37. The van der Waals surface area contributed by atoms with E-state index in [9.17, 15) is 4.79 Å². The molecule has 1 aliphatic rings. The summed E-state index contributed by atoms with van der Waals surface area (Å²) in [4.78, 5) is 12.1. The number of carbonyl (C=O) groups excluding carboxylic acids is 1. The van der Waals surface area contributed by atoms with Crippen LogP contribution in [0.2, 0.25) is 0 Å². The zero-order valence-electron chi connectivity index (χ0n) is 10.8. The topological polar surface area (TPSA) is 67.2 Å². The molecule has 18 heavy (non-hydrogen) atoms. The molecule has 0 spiro atoms. The van der Waals surface area contributed by atoms with Gasteiger partial charge in [0.05, 0.1) is 0 Å². The maximum Gasteiger partial charge on any atom is 0.251 e. The molecular formula is C14H21N3O. The molecule has 1 aromatic rings. The summed E-state index contributed by atoms with van der Waals surface area (Å²) < 4.78 is 0. The molecule has 0 bridgehead atoms. The summed E-state index contributed by atoms with van der Waals surface area (Å²) in [5.41, 5.74) is 4.04. The molecule has 1 amide bonds. The van der Waals surface area contributed by atoms with Gasteiger partial charge in [0.15, 0.2) is 0 Å². The Kier molecular flexibility index (Phi) is 4.20. The van der Waals surface area contributed by atoms with E-state index in [2.05, 4.69) is 17.7 Å². The van der Waals surface area contributed by atoms with Crippen molar-refractivity contribution in [2.24, 2.45) is 11.8 Å². The van der Waals surface area contributed by atoms with Crippen molar-refractivity contribution in [2.45, 2.75) is 38.6 Å². The van der Waals surface area contributed by atoms with Crippen molar-refractivity contribution < 1.29 is 4.79 Å². The van der Waals surface area contributed by atoms with Crippen LogP contribution >= 0.6 is 0 Å². The van der Waals surface area contributed by atoms with Crippen molar-refractivity contribution in [1.29, 1.82) is 0 Å². The average Bonchev–Trinajstić information content (AvgIpc) is 2.39. The molecule has 4 nitrogen and oxygen atoms in total. The number of hydrogen-bond acceptors (Lipinski definition) is 3. The number of nitrogens with two attached hydrogens (primary N) is 1. The first-order chi connectivity index (χ1) is 8.69. The second-order valence-electron chi connectivity index (χ2n) is 5.16. The molecule has 0 aromatic heterocycles. The Bertz CT molecular complexity index is 402. The lowest BCUT2D eigenvalue weighted by atomic mass is 9.87. The predicted octanol–water partition coefficient (Wildman–Crippen LogP) is 2.28. The van der Waals surface area contributed by atoms with Crippen LogP contribution in [0.5, 0.6) is 0 Å². The third-order valence-corrected chi connectivity index (χ3v) is 3.59. The van der Waals surface area contributed by atoms with Crippen molar-refractivity contribution in [3.8, 4) is 0 Å². The van der Waals surface area contributed by atoms with Crippen molar-refractivity contribution >= 4 is 11.6 Å². The Hall–Kier alpha value is -1.55. The zero-order chi connectivity index (χ0) is 13.0. The van der Waals surface area contributed by atoms with Gasteiger partial charge in [0.25, 0.3) is 5.91 Å². The normalized spacial score (nSPS) is 23.4. The summed E-state index contributed by atoms with van der Waals surface area (Å²) in [5, 5.41) is 3.11. The lowest BCUT2D eigenvalue weighted by Gasteiger charge is -2.27. The van der Waals surface area contributed by atoms with E-state index < -0.39 is 0 Å². The van der Waals surface area contributed by atoms with E-state index >= 15 is 0 Å². The zero-order valence-corrected chi connectivity index (χ0v) is 10.8. The van der Waals surface area contributed by atoms with Gasteiger partial charge in [-0.2, -0.15) is 0 Å². The minimum Gasteiger partial charge on any atom is -0.349 e. The van der Waals surface area contributed by atoms with Gasteiger partial charge in [0.1, 0.15) is 0 Å². The van der Waals surface area contributed by atoms with Crippen molar-refractivity contribution in [3.05, 3.63) is 29.8 Å². The minimum absolute atomic E-state index is 0.0117.